The number of carbonyl (C=O) groups is 2. The Kier molecular flexibility index (Phi) is 4.93. The molecule has 2 aromatic rings. The maximum Gasteiger partial charge on any atom is 0.340 e. The van der Waals surface area contributed by atoms with Crippen LogP contribution in [0.4, 0.5) is 5.69 Å². The first-order chi connectivity index (χ1) is 10.5. The Morgan fingerprint density at radius 2 is 2.00 bits per heavy atom. The molecule has 1 heterocycles. The summed E-state index contributed by atoms with van der Waals surface area (Å²) in [6.45, 7) is 5.88. The lowest BCUT2D eigenvalue weighted by molar-refractivity contribution is -0.116. The summed E-state index contributed by atoms with van der Waals surface area (Å²) in [5, 5.41) is 6.98. The van der Waals surface area contributed by atoms with E-state index in [1.54, 1.807) is 35.9 Å². The molecule has 1 amide bonds. The summed E-state index contributed by atoms with van der Waals surface area (Å²) in [6, 6.07) is 8.67. The molecule has 0 aliphatic carbocycles. The van der Waals surface area contributed by atoms with Gasteiger partial charge in [-0.25, -0.2) is 4.79 Å². The van der Waals surface area contributed by atoms with Crippen LogP contribution in [0.2, 0.25) is 0 Å². The summed E-state index contributed by atoms with van der Waals surface area (Å²) >= 11 is 0. The second-order valence-corrected chi connectivity index (χ2v) is 4.90. The Balaban J connectivity index is 2.12. The molecular formula is C16H19N3O3. The molecule has 6 nitrogen and oxygen atoms in total. The minimum absolute atomic E-state index is 0.0941. The van der Waals surface area contributed by atoms with Gasteiger partial charge < -0.3 is 10.1 Å². The lowest BCUT2D eigenvalue weighted by atomic mass is 10.2. The quantitative estimate of drug-likeness (QED) is 0.860. The number of amides is 1. The molecule has 2 rings (SSSR count). The molecule has 116 valence electrons. The van der Waals surface area contributed by atoms with Crippen LogP contribution < -0.4 is 5.32 Å². The molecule has 0 radical (unpaired) electrons. The van der Waals surface area contributed by atoms with Crippen molar-refractivity contribution in [3.8, 4) is 0 Å². The smallest absolute Gasteiger partial charge is 0.340 e. The van der Waals surface area contributed by atoms with Crippen molar-refractivity contribution in [1.82, 2.24) is 9.78 Å². The Labute approximate surface area is 129 Å². The number of hydrogen-bond donors (Lipinski definition) is 1. The van der Waals surface area contributed by atoms with Crippen molar-refractivity contribution in [2.24, 2.45) is 0 Å². The average molecular weight is 301 g/mol. The standard InChI is InChI=1S/C16H19N3O3/c1-4-22-16(21)13-7-5-6-8-14(13)17-15(20)10-19-12(3)9-11(2)18-19/h5-9H,4,10H2,1-3H3,(H,17,20). The maximum atomic E-state index is 12.2. The fourth-order valence-electron chi connectivity index (χ4n) is 2.14. The second-order valence-electron chi connectivity index (χ2n) is 4.90. The van der Waals surface area contributed by atoms with Crippen LogP contribution in [-0.4, -0.2) is 28.3 Å². The molecule has 1 aromatic carbocycles. The molecule has 22 heavy (non-hydrogen) atoms. The fourth-order valence-corrected chi connectivity index (χ4v) is 2.14. The summed E-state index contributed by atoms with van der Waals surface area (Å²) in [4.78, 5) is 24.0. The van der Waals surface area contributed by atoms with Gasteiger partial charge in [0.15, 0.2) is 0 Å². The average Bonchev–Trinajstić information content (AvgIpc) is 2.77. The highest BCUT2D eigenvalue weighted by Crippen LogP contribution is 2.16. The Bertz CT molecular complexity index is 692. The zero-order valence-corrected chi connectivity index (χ0v) is 12.9. The highest BCUT2D eigenvalue weighted by Gasteiger charge is 2.14. The van der Waals surface area contributed by atoms with Gasteiger partial charge in [-0.2, -0.15) is 5.10 Å². The van der Waals surface area contributed by atoms with E-state index in [0.717, 1.165) is 11.4 Å². The summed E-state index contributed by atoms with van der Waals surface area (Å²) < 4.78 is 6.61. The van der Waals surface area contributed by atoms with Crippen LogP contribution in [0.15, 0.2) is 30.3 Å². The first-order valence-electron chi connectivity index (χ1n) is 7.08. The van der Waals surface area contributed by atoms with E-state index in [1.165, 1.54) is 0 Å². The van der Waals surface area contributed by atoms with E-state index in [1.807, 2.05) is 19.9 Å². The molecule has 1 N–H and O–H groups in total. The number of para-hydroxylation sites is 1. The van der Waals surface area contributed by atoms with Gasteiger partial charge in [0.25, 0.3) is 0 Å². The number of rotatable bonds is 5. The van der Waals surface area contributed by atoms with Gasteiger partial charge in [0.1, 0.15) is 6.54 Å². The first-order valence-corrected chi connectivity index (χ1v) is 7.08. The van der Waals surface area contributed by atoms with Crippen molar-refractivity contribution < 1.29 is 14.3 Å². The van der Waals surface area contributed by atoms with E-state index in [0.29, 0.717) is 11.3 Å². The number of carbonyl (C=O) groups excluding carboxylic acids is 2. The van der Waals surface area contributed by atoms with Crippen LogP contribution in [0.3, 0.4) is 0 Å². The maximum absolute atomic E-state index is 12.2. The van der Waals surface area contributed by atoms with Gasteiger partial charge in [0, 0.05) is 5.69 Å². The molecule has 0 unspecified atom stereocenters. The molecule has 0 aliphatic rings. The highest BCUT2D eigenvalue weighted by atomic mass is 16.5. The molecule has 0 aliphatic heterocycles. The Hall–Kier alpha value is -2.63. The fraction of sp³-hybridized carbons (Fsp3) is 0.312. The molecule has 0 fully saturated rings. The lowest BCUT2D eigenvalue weighted by Gasteiger charge is -2.11. The molecule has 0 atom stereocenters. The summed E-state index contributed by atoms with van der Waals surface area (Å²) in [5.74, 6) is -0.701. The van der Waals surface area contributed by atoms with Gasteiger partial charge in [-0.1, -0.05) is 12.1 Å². The number of anilines is 1. The highest BCUT2D eigenvalue weighted by molar-refractivity contribution is 6.01. The van der Waals surface area contributed by atoms with E-state index in [-0.39, 0.29) is 19.1 Å². The van der Waals surface area contributed by atoms with Crippen molar-refractivity contribution in [2.75, 3.05) is 11.9 Å². The molecule has 1 aromatic heterocycles. The Morgan fingerprint density at radius 1 is 1.27 bits per heavy atom. The topological polar surface area (TPSA) is 73.2 Å². The molecular weight excluding hydrogens is 282 g/mol. The third kappa shape index (κ3) is 3.72. The van der Waals surface area contributed by atoms with Crippen molar-refractivity contribution >= 4 is 17.6 Å². The van der Waals surface area contributed by atoms with Crippen LogP contribution in [0, 0.1) is 13.8 Å². The lowest BCUT2D eigenvalue weighted by Crippen LogP contribution is -2.22. The van der Waals surface area contributed by atoms with Crippen molar-refractivity contribution in [2.45, 2.75) is 27.3 Å². The van der Waals surface area contributed by atoms with E-state index in [4.69, 9.17) is 4.74 Å². The predicted octanol–water partition coefficient (Wildman–Crippen LogP) is 2.32. The number of hydrogen-bond acceptors (Lipinski definition) is 4. The zero-order chi connectivity index (χ0) is 16.1. The van der Waals surface area contributed by atoms with Gasteiger partial charge in [0.2, 0.25) is 5.91 Å². The Morgan fingerprint density at radius 3 is 2.64 bits per heavy atom. The van der Waals surface area contributed by atoms with Crippen LogP contribution in [0.5, 0.6) is 0 Å². The SMILES string of the molecule is CCOC(=O)c1ccccc1NC(=O)Cn1nc(C)cc1C. The normalized spacial score (nSPS) is 10.3. The second kappa shape index (κ2) is 6.89. The summed E-state index contributed by atoms with van der Waals surface area (Å²) in [6.07, 6.45) is 0. The van der Waals surface area contributed by atoms with E-state index >= 15 is 0 Å². The van der Waals surface area contributed by atoms with Gasteiger partial charge in [-0.3, -0.25) is 9.48 Å². The monoisotopic (exact) mass is 301 g/mol. The zero-order valence-electron chi connectivity index (χ0n) is 12.9. The number of aryl methyl sites for hydroxylation is 2. The minimum Gasteiger partial charge on any atom is -0.462 e. The van der Waals surface area contributed by atoms with Crippen LogP contribution in [0.25, 0.3) is 0 Å². The van der Waals surface area contributed by atoms with E-state index in [2.05, 4.69) is 10.4 Å². The third-order valence-corrected chi connectivity index (χ3v) is 3.09. The number of ether oxygens (including phenoxy) is 1. The molecule has 0 saturated carbocycles. The number of esters is 1. The molecule has 0 saturated heterocycles. The molecule has 6 heteroatoms. The van der Waals surface area contributed by atoms with Crippen molar-refractivity contribution in [3.05, 3.63) is 47.3 Å². The summed E-state index contributed by atoms with van der Waals surface area (Å²) in [7, 11) is 0. The largest absolute Gasteiger partial charge is 0.462 e. The predicted molar refractivity (Wildman–Crippen MR) is 82.7 cm³/mol. The van der Waals surface area contributed by atoms with Gasteiger partial charge in [0.05, 0.1) is 23.6 Å². The van der Waals surface area contributed by atoms with E-state index < -0.39 is 5.97 Å². The first kappa shape index (κ1) is 15.8. The molecule has 0 spiro atoms. The number of aromatic nitrogens is 2. The van der Waals surface area contributed by atoms with Crippen LogP contribution in [-0.2, 0) is 16.1 Å². The van der Waals surface area contributed by atoms with E-state index in [9.17, 15) is 9.59 Å². The van der Waals surface area contributed by atoms with Gasteiger partial charge in [-0.05, 0) is 39.0 Å². The number of benzene rings is 1. The third-order valence-electron chi connectivity index (χ3n) is 3.09. The minimum atomic E-state index is -0.454. The molecule has 0 bridgehead atoms. The number of nitrogens with one attached hydrogen (secondary N) is 1. The van der Waals surface area contributed by atoms with Gasteiger partial charge >= 0.3 is 5.97 Å². The van der Waals surface area contributed by atoms with Crippen molar-refractivity contribution in [1.29, 1.82) is 0 Å². The van der Waals surface area contributed by atoms with Crippen LogP contribution in [0.1, 0.15) is 28.7 Å². The van der Waals surface area contributed by atoms with Crippen molar-refractivity contribution in [3.63, 3.8) is 0 Å². The van der Waals surface area contributed by atoms with Crippen LogP contribution >= 0.6 is 0 Å². The summed E-state index contributed by atoms with van der Waals surface area (Å²) in [5.41, 5.74) is 2.54. The van der Waals surface area contributed by atoms with Gasteiger partial charge in [-0.15, -0.1) is 0 Å². The number of nitrogens with zero attached hydrogens (tertiary/aromatic N) is 2.